The van der Waals surface area contributed by atoms with E-state index in [-0.39, 0.29) is 11.8 Å². The van der Waals surface area contributed by atoms with Crippen molar-refractivity contribution in [3.05, 3.63) is 59.7 Å². The number of carbonyl (C=O) groups is 3. The van der Waals surface area contributed by atoms with E-state index >= 15 is 0 Å². The molecular weight excluding hydrogens is 358 g/mol. The molecule has 0 heterocycles. The Labute approximate surface area is 162 Å². The molecule has 2 aromatic carbocycles. The van der Waals surface area contributed by atoms with Gasteiger partial charge in [0.2, 0.25) is 11.8 Å². The molecule has 3 rings (SSSR count). The van der Waals surface area contributed by atoms with Crippen molar-refractivity contribution in [2.75, 3.05) is 17.2 Å². The molecule has 2 atom stereocenters. The zero-order valence-electron chi connectivity index (χ0n) is 15.3. The van der Waals surface area contributed by atoms with Crippen LogP contribution in [0, 0.1) is 23.2 Å². The first-order chi connectivity index (χ1) is 13.5. The molecule has 2 unspecified atom stereocenters. The largest absolute Gasteiger partial charge is 0.462 e. The number of amides is 2. The van der Waals surface area contributed by atoms with E-state index in [4.69, 9.17) is 10.00 Å². The van der Waals surface area contributed by atoms with E-state index < -0.39 is 17.8 Å². The van der Waals surface area contributed by atoms with Crippen LogP contribution >= 0.6 is 0 Å². The van der Waals surface area contributed by atoms with Crippen LogP contribution in [0.25, 0.3) is 0 Å². The molecule has 28 heavy (non-hydrogen) atoms. The van der Waals surface area contributed by atoms with Gasteiger partial charge in [0, 0.05) is 11.4 Å². The highest BCUT2D eigenvalue weighted by Gasteiger charge is 2.48. The maximum Gasteiger partial charge on any atom is 0.338 e. The molecule has 0 aromatic heterocycles. The van der Waals surface area contributed by atoms with Crippen LogP contribution in [0.1, 0.15) is 29.3 Å². The van der Waals surface area contributed by atoms with Gasteiger partial charge in [-0.1, -0.05) is 6.07 Å². The number of carbonyl (C=O) groups excluding carboxylic acids is 3. The van der Waals surface area contributed by atoms with Crippen molar-refractivity contribution in [1.82, 2.24) is 0 Å². The van der Waals surface area contributed by atoms with Crippen LogP contribution in [0.5, 0.6) is 0 Å². The summed E-state index contributed by atoms with van der Waals surface area (Å²) in [6.07, 6.45) is 0.469. The minimum absolute atomic E-state index is 0.241. The van der Waals surface area contributed by atoms with E-state index in [1.165, 1.54) is 0 Å². The van der Waals surface area contributed by atoms with Gasteiger partial charge >= 0.3 is 5.97 Å². The monoisotopic (exact) mass is 377 g/mol. The molecule has 0 radical (unpaired) electrons. The first-order valence-electron chi connectivity index (χ1n) is 8.91. The number of hydrogen-bond acceptors (Lipinski definition) is 5. The maximum absolute atomic E-state index is 12.3. The lowest BCUT2D eigenvalue weighted by Crippen LogP contribution is -2.20. The molecule has 1 aliphatic carbocycles. The lowest BCUT2D eigenvalue weighted by Gasteiger charge is -2.07. The van der Waals surface area contributed by atoms with E-state index in [9.17, 15) is 14.4 Å². The van der Waals surface area contributed by atoms with Crippen molar-refractivity contribution < 1.29 is 19.1 Å². The second-order valence-electron chi connectivity index (χ2n) is 6.42. The minimum Gasteiger partial charge on any atom is -0.462 e. The molecule has 1 fully saturated rings. The van der Waals surface area contributed by atoms with Gasteiger partial charge in [-0.15, -0.1) is 0 Å². The van der Waals surface area contributed by atoms with Crippen LogP contribution in [0.2, 0.25) is 0 Å². The van der Waals surface area contributed by atoms with Crippen molar-refractivity contribution in [3.8, 4) is 6.07 Å². The predicted molar refractivity (Wildman–Crippen MR) is 102 cm³/mol. The highest BCUT2D eigenvalue weighted by atomic mass is 16.5. The Bertz CT molecular complexity index is 947. The summed E-state index contributed by atoms with van der Waals surface area (Å²) < 4.78 is 4.91. The van der Waals surface area contributed by atoms with Gasteiger partial charge in [0.15, 0.2) is 0 Å². The van der Waals surface area contributed by atoms with E-state index in [0.29, 0.717) is 35.5 Å². The average Bonchev–Trinajstić information content (AvgIpc) is 3.50. The first kappa shape index (κ1) is 19.1. The Morgan fingerprint density at radius 3 is 2.29 bits per heavy atom. The number of nitrogens with one attached hydrogen (secondary N) is 2. The number of ether oxygens (including phenoxy) is 1. The molecule has 0 aliphatic heterocycles. The second kappa shape index (κ2) is 8.35. The van der Waals surface area contributed by atoms with Gasteiger partial charge in [-0.25, -0.2) is 4.79 Å². The van der Waals surface area contributed by atoms with Crippen LogP contribution in [0.3, 0.4) is 0 Å². The maximum atomic E-state index is 12.3. The van der Waals surface area contributed by atoms with E-state index in [2.05, 4.69) is 10.6 Å². The van der Waals surface area contributed by atoms with E-state index in [0.717, 1.165) is 0 Å². The smallest absolute Gasteiger partial charge is 0.338 e. The van der Waals surface area contributed by atoms with Crippen molar-refractivity contribution in [2.24, 2.45) is 11.8 Å². The topological polar surface area (TPSA) is 108 Å². The van der Waals surface area contributed by atoms with Gasteiger partial charge in [0.1, 0.15) is 0 Å². The minimum atomic E-state index is -0.417. The molecule has 142 valence electrons. The van der Waals surface area contributed by atoms with Gasteiger partial charge < -0.3 is 15.4 Å². The Balaban J connectivity index is 1.53. The van der Waals surface area contributed by atoms with Crippen LogP contribution in [-0.4, -0.2) is 24.4 Å². The normalized spacial score (nSPS) is 17.1. The Hall–Kier alpha value is -3.66. The Morgan fingerprint density at radius 1 is 1.04 bits per heavy atom. The van der Waals surface area contributed by atoms with Crippen molar-refractivity contribution >= 4 is 29.2 Å². The average molecular weight is 377 g/mol. The Kier molecular flexibility index (Phi) is 5.70. The fourth-order valence-corrected chi connectivity index (χ4v) is 2.82. The van der Waals surface area contributed by atoms with Gasteiger partial charge in [0.05, 0.1) is 35.6 Å². The number of rotatable bonds is 6. The highest BCUT2D eigenvalue weighted by Crippen LogP contribution is 2.40. The fourth-order valence-electron chi connectivity index (χ4n) is 2.82. The first-order valence-corrected chi connectivity index (χ1v) is 8.91. The third-order valence-electron chi connectivity index (χ3n) is 4.39. The third kappa shape index (κ3) is 4.54. The number of nitriles is 1. The highest BCUT2D eigenvalue weighted by molar-refractivity contribution is 6.03. The number of esters is 1. The third-order valence-corrected chi connectivity index (χ3v) is 4.39. The summed E-state index contributed by atoms with van der Waals surface area (Å²) in [7, 11) is 0. The molecular formula is C21H19N3O4. The van der Waals surface area contributed by atoms with Crippen LogP contribution in [0.4, 0.5) is 11.4 Å². The van der Waals surface area contributed by atoms with Crippen LogP contribution < -0.4 is 10.6 Å². The van der Waals surface area contributed by atoms with Crippen molar-refractivity contribution in [1.29, 1.82) is 5.26 Å². The lowest BCUT2D eigenvalue weighted by atomic mass is 10.2. The number of nitrogens with zero attached hydrogens (tertiary/aromatic N) is 1. The van der Waals surface area contributed by atoms with Gasteiger partial charge in [0.25, 0.3) is 0 Å². The molecule has 2 N–H and O–H groups in total. The summed E-state index contributed by atoms with van der Waals surface area (Å²) in [6.45, 7) is 2.03. The van der Waals surface area contributed by atoms with Crippen molar-refractivity contribution in [2.45, 2.75) is 13.3 Å². The summed E-state index contributed by atoms with van der Waals surface area (Å²) in [6, 6.07) is 15.0. The van der Waals surface area contributed by atoms with Crippen LogP contribution in [0.15, 0.2) is 48.5 Å². The lowest BCUT2D eigenvalue weighted by molar-refractivity contribution is -0.122. The molecule has 1 aliphatic rings. The summed E-state index contributed by atoms with van der Waals surface area (Å²) in [4.78, 5) is 36.3. The predicted octanol–water partition coefficient (Wildman–Crippen LogP) is 2.95. The summed E-state index contributed by atoms with van der Waals surface area (Å²) in [5.41, 5.74) is 1.94. The van der Waals surface area contributed by atoms with Gasteiger partial charge in [-0.05, 0) is 55.8 Å². The number of hydrogen-bond donors (Lipinski definition) is 2. The zero-order chi connectivity index (χ0) is 20.1. The molecule has 2 aromatic rings. The Morgan fingerprint density at radius 2 is 1.68 bits per heavy atom. The standard InChI is InChI=1S/C21H19N3O4/c1-2-28-21(27)14-6-8-15(9-7-14)23-19(25)17-11-18(17)20(26)24-16-5-3-4-13(10-16)12-22/h3-10,17-18H,2,11H2,1H3,(H,23,25)(H,24,26). The van der Waals surface area contributed by atoms with Crippen LogP contribution in [-0.2, 0) is 14.3 Å². The molecule has 1 saturated carbocycles. The zero-order valence-corrected chi connectivity index (χ0v) is 15.3. The molecule has 2 amide bonds. The number of anilines is 2. The molecule has 0 saturated heterocycles. The number of benzene rings is 2. The quantitative estimate of drug-likeness (QED) is 0.753. The molecule has 7 heteroatoms. The summed E-state index contributed by atoms with van der Waals surface area (Å²) in [5, 5.41) is 14.4. The van der Waals surface area contributed by atoms with E-state index in [1.807, 2.05) is 6.07 Å². The molecule has 7 nitrogen and oxygen atoms in total. The molecule has 0 bridgehead atoms. The summed E-state index contributed by atoms with van der Waals surface area (Å²) >= 11 is 0. The molecule has 0 spiro atoms. The van der Waals surface area contributed by atoms with Gasteiger partial charge in [-0.3, -0.25) is 9.59 Å². The SMILES string of the molecule is CCOC(=O)c1ccc(NC(=O)C2CC2C(=O)Nc2cccc(C#N)c2)cc1. The van der Waals surface area contributed by atoms with E-state index in [1.54, 1.807) is 55.5 Å². The van der Waals surface area contributed by atoms with Gasteiger partial charge in [-0.2, -0.15) is 5.26 Å². The van der Waals surface area contributed by atoms with Crippen molar-refractivity contribution in [3.63, 3.8) is 0 Å². The fraction of sp³-hybridized carbons (Fsp3) is 0.238. The summed E-state index contributed by atoms with van der Waals surface area (Å²) in [5.74, 6) is -1.70. The second-order valence-corrected chi connectivity index (χ2v) is 6.42.